The first kappa shape index (κ1) is 11.5. The molecule has 0 aliphatic carbocycles. The third kappa shape index (κ3) is 2.28. The van der Waals surface area contributed by atoms with Crippen LogP contribution in [0.1, 0.15) is 26.3 Å². The monoisotopic (exact) mass is 269 g/mol. The first-order valence-corrected chi connectivity index (χ1v) is 5.04. The predicted molar refractivity (Wildman–Crippen MR) is 54.6 cm³/mol. The first-order chi connectivity index (χ1) is 7.13. The molecule has 0 heterocycles. The Morgan fingerprint density at radius 1 is 1.60 bits per heavy atom. The van der Waals surface area contributed by atoms with Crippen molar-refractivity contribution in [3.05, 3.63) is 34.6 Å². The fourth-order valence-electron chi connectivity index (χ4n) is 1.09. The van der Waals surface area contributed by atoms with Crippen LogP contribution in [0.3, 0.4) is 0 Å². The Bertz CT molecular complexity index is 465. The number of nitriles is 1. The third-order valence-electron chi connectivity index (χ3n) is 1.81. The van der Waals surface area contributed by atoms with Crippen molar-refractivity contribution in [2.75, 3.05) is 5.33 Å². The van der Waals surface area contributed by atoms with Crippen LogP contribution in [-0.2, 0) is 0 Å². The van der Waals surface area contributed by atoms with Gasteiger partial charge in [0.25, 0.3) is 0 Å². The van der Waals surface area contributed by atoms with Gasteiger partial charge in [0.15, 0.2) is 12.1 Å². The molecule has 0 N–H and O–H groups in total. The largest absolute Gasteiger partial charge is 0.298 e. The van der Waals surface area contributed by atoms with Crippen LogP contribution < -0.4 is 0 Å². The molecule has 1 rings (SSSR count). The number of carbonyl (C=O) groups is 2. The van der Waals surface area contributed by atoms with E-state index in [4.69, 9.17) is 5.26 Å². The summed E-state index contributed by atoms with van der Waals surface area (Å²) < 4.78 is 13.1. The molecule has 15 heavy (non-hydrogen) atoms. The Balaban J connectivity index is 3.43. The van der Waals surface area contributed by atoms with Gasteiger partial charge in [0.1, 0.15) is 11.9 Å². The number of nitrogens with zero attached hydrogens (tertiary/aromatic N) is 1. The van der Waals surface area contributed by atoms with Gasteiger partial charge in [-0.3, -0.25) is 9.59 Å². The summed E-state index contributed by atoms with van der Waals surface area (Å²) in [5.41, 5.74) is -0.235. The van der Waals surface area contributed by atoms with Crippen LogP contribution in [-0.4, -0.2) is 17.4 Å². The molecule has 0 atom stereocenters. The van der Waals surface area contributed by atoms with E-state index in [0.29, 0.717) is 6.29 Å². The van der Waals surface area contributed by atoms with E-state index in [9.17, 15) is 14.0 Å². The van der Waals surface area contributed by atoms with Crippen LogP contribution in [0.5, 0.6) is 0 Å². The van der Waals surface area contributed by atoms with E-state index in [1.807, 2.05) is 0 Å². The van der Waals surface area contributed by atoms with Crippen LogP contribution in [0.25, 0.3) is 0 Å². The SMILES string of the molecule is N#Cc1cc(C(=O)CBr)c(C=O)cc1F. The summed E-state index contributed by atoms with van der Waals surface area (Å²) in [6.07, 6.45) is 0.389. The van der Waals surface area contributed by atoms with Crippen molar-refractivity contribution in [1.82, 2.24) is 0 Å². The quantitative estimate of drug-likeness (QED) is 0.480. The molecule has 0 aromatic heterocycles. The number of Topliss-reactive ketones (excluding diaryl/α,β-unsaturated/α-hetero) is 1. The van der Waals surface area contributed by atoms with Gasteiger partial charge in [0.2, 0.25) is 0 Å². The number of rotatable bonds is 3. The second kappa shape index (κ2) is 4.80. The van der Waals surface area contributed by atoms with Crippen molar-refractivity contribution >= 4 is 28.0 Å². The first-order valence-electron chi connectivity index (χ1n) is 3.92. The minimum absolute atomic E-state index is 0.0182. The average molecular weight is 270 g/mol. The molecule has 1 aromatic carbocycles. The zero-order chi connectivity index (χ0) is 11.4. The van der Waals surface area contributed by atoms with Crippen LogP contribution in [0, 0.1) is 17.1 Å². The van der Waals surface area contributed by atoms with E-state index in [1.54, 1.807) is 6.07 Å². The van der Waals surface area contributed by atoms with Gasteiger partial charge in [-0.15, -0.1) is 0 Å². The molecule has 0 saturated carbocycles. The third-order valence-corrected chi connectivity index (χ3v) is 2.32. The van der Waals surface area contributed by atoms with Crippen LogP contribution >= 0.6 is 15.9 Å². The second-order valence-corrected chi connectivity index (χ2v) is 3.27. The summed E-state index contributed by atoms with van der Waals surface area (Å²) in [6.45, 7) is 0. The van der Waals surface area contributed by atoms with Crippen molar-refractivity contribution in [1.29, 1.82) is 5.26 Å². The number of benzene rings is 1. The fraction of sp³-hybridized carbons (Fsp3) is 0.100. The summed E-state index contributed by atoms with van der Waals surface area (Å²) in [7, 11) is 0. The predicted octanol–water partition coefficient (Wildman–Crippen LogP) is 2.09. The van der Waals surface area contributed by atoms with Crippen molar-refractivity contribution < 1.29 is 14.0 Å². The molecule has 1 aromatic rings. The van der Waals surface area contributed by atoms with Crippen molar-refractivity contribution in [3.63, 3.8) is 0 Å². The highest BCUT2D eigenvalue weighted by Gasteiger charge is 2.14. The lowest BCUT2D eigenvalue weighted by Gasteiger charge is -2.02. The summed E-state index contributed by atoms with van der Waals surface area (Å²) in [4.78, 5) is 21.9. The molecule has 0 aliphatic rings. The molecular weight excluding hydrogens is 265 g/mol. The van der Waals surface area contributed by atoms with E-state index in [1.165, 1.54) is 0 Å². The minimum Gasteiger partial charge on any atom is -0.298 e. The molecule has 5 heteroatoms. The maximum atomic E-state index is 13.1. The highest BCUT2D eigenvalue weighted by Crippen LogP contribution is 2.15. The Morgan fingerprint density at radius 2 is 2.27 bits per heavy atom. The number of hydrogen-bond acceptors (Lipinski definition) is 3. The molecule has 0 spiro atoms. The zero-order valence-corrected chi connectivity index (χ0v) is 9.04. The highest BCUT2D eigenvalue weighted by molar-refractivity contribution is 9.09. The summed E-state index contributed by atoms with van der Waals surface area (Å²) in [6, 6.07) is 3.58. The summed E-state index contributed by atoms with van der Waals surface area (Å²) >= 11 is 2.94. The maximum absolute atomic E-state index is 13.1. The molecule has 0 saturated heterocycles. The van der Waals surface area contributed by atoms with Crippen LogP contribution in [0.4, 0.5) is 4.39 Å². The molecule has 0 bridgehead atoms. The van der Waals surface area contributed by atoms with Gasteiger partial charge in [-0.25, -0.2) is 4.39 Å². The molecule has 3 nitrogen and oxygen atoms in total. The standard InChI is InChI=1S/C10H5BrFNO2/c11-3-10(15)8-1-6(4-13)9(12)2-7(8)5-14/h1-2,5H,3H2. The lowest BCUT2D eigenvalue weighted by molar-refractivity contribution is 0.101. The Labute approximate surface area is 93.6 Å². The summed E-state index contributed by atoms with van der Waals surface area (Å²) in [5, 5.41) is 8.58. The molecule has 0 aliphatic heterocycles. The van der Waals surface area contributed by atoms with Gasteiger partial charge < -0.3 is 0 Å². The van der Waals surface area contributed by atoms with Gasteiger partial charge in [-0.1, -0.05) is 15.9 Å². The average Bonchev–Trinajstić information content (AvgIpc) is 2.27. The number of aldehydes is 1. The Morgan fingerprint density at radius 3 is 2.73 bits per heavy atom. The molecule has 0 fully saturated rings. The lowest BCUT2D eigenvalue weighted by Crippen LogP contribution is -2.06. The molecule has 0 radical (unpaired) electrons. The number of ketones is 1. The molecule has 0 amide bonds. The highest BCUT2D eigenvalue weighted by atomic mass is 79.9. The van der Waals surface area contributed by atoms with Gasteiger partial charge >= 0.3 is 0 Å². The molecule has 0 unspecified atom stereocenters. The van der Waals surface area contributed by atoms with E-state index in [0.717, 1.165) is 12.1 Å². The van der Waals surface area contributed by atoms with Gasteiger partial charge in [0.05, 0.1) is 10.9 Å². The molecule has 76 valence electrons. The fourth-order valence-corrected chi connectivity index (χ4v) is 1.39. The number of alkyl halides is 1. The van der Waals surface area contributed by atoms with Gasteiger partial charge in [0, 0.05) is 11.1 Å². The maximum Gasteiger partial charge on any atom is 0.174 e. The Kier molecular flexibility index (Phi) is 3.69. The normalized spacial score (nSPS) is 9.40. The van der Waals surface area contributed by atoms with Gasteiger partial charge in [-0.05, 0) is 12.1 Å². The summed E-state index contributed by atoms with van der Waals surface area (Å²) in [5.74, 6) is -1.17. The van der Waals surface area contributed by atoms with E-state index >= 15 is 0 Å². The van der Waals surface area contributed by atoms with Crippen molar-refractivity contribution in [2.45, 2.75) is 0 Å². The van der Waals surface area contributed by atoms with Gasteiger partial charge in [-0.2, -0.15) is 5.26 Å². The smallest absolute Gasteiger partial charge is 0.174 e. The van der Waals surface area contributed by atoms with Crippen LogP contribution in [0.2, 0.25) is 0 Å². The second-order valence-electron chi connectivity index (χ2n) is 2.71. The van der Waals surface area contributed by atoms with E-state index < -0.39 is 5.82 Å². The van der Waals surface area contributed by atoms with E-state index in [-0.39, 0.29) is 27.8 Å². The Hall–Kier alpha value is -1.54. The van der Waals surface area contributed by atoms with Crippen LogP contribution in [0.15, 0.2) is 12.1 Å². The number of carbonyl (C=O) groups excluding carboxylic acids is 2. The van der Waals surface area contributed by atoms with E-state index in [2.05, 4.69) is 15.9 Å². The number of hydrogen-bond donors (Lipinski definition) is 0. The topological polar surface area (TPSA) is 57.9 Å². The minimum atomic E-state index is -0.800. The zero-order valence-electron chi connectivity index (χ0n) is 7.46. The van der Waals surface area contributed by atoms with Crippen molar-refractivity contribution in [3.8, 4) is 6.07 Å². The lowest BCUT2D eigenvalue weighted by atomic mass is 10.0. The molecular formula is C10H5BrFNO2. The van der Waals surface area contributed by atoms with Crippen molar-refractivity contribution in [2.24, 2.45) is 0 Å². The number of halogens is 2.